The fraction of sp³-hybridized carbons (Fsp3) is 0.706. The highest BCUT2D eigenvalue weighted by molar-refractivity contribution is 7.10. The molecule has 3 aliphatic rings. The van der Waals surface area contributed by atoms with Gasteiger partial charge in [0.25, 0.3) is 0 Å². The van der Waals surface area contributed by atoms with Gasteiger partial charge in [0.15, 0.2) is 0 Å². The van der Waals surface area contributed by atoms with Crippen LogP contribution in [0.25, 0.3) is 0 Å². The third kappa shape index (κ3) is 2.93. The standard InChI is InChI=1S/C17H24N2O3S/c20-16(14-11-18-5-9-21-12-14)19-6-3-17(4-7-19)15-13(1-8-22-17)2-10-23-15/h2,10,14,18H,1,3-9,11-12H2. The smallest absolute Gasteiger partial charge is 0.229 e. The van der Waals surface area contributed by atoms with Gasteiger partial charge in [0.1, 0.15) is 5.60 Å². The van der Waals surface area contributed by atoms with E-state index in [0.29, 0.717) is 13.2 Å². The summed E-state index contributed by atoms with van der Waals surface area (Å²) in [6, 6.07) is 2.23. The summed E-state index contributed by atoms with van der Waals surface area (Å²) in [5.41, 5.74) is 1.30. The summed E-state index contributed by atoms with van der Waals surface area (Å²) in [7, 11) is 0. The number of amides is 1. The van der Waals surface area contributed by atoms with Crippen LogP contribution in [0.5, 0.6) is 0 Å². The van der Waals surface area contributed by atoms with Crippen molar-refractivity contribution in [1.29, 1.82) is 0 Å². The third-order valence-electron chi connectivity index (χ3n) is 5.28. The molecule has 0 radical (unpaired) electrons. The van der Waals surface area contributed by atoms with Gasteiger partial charge < -0.3 is 19.7 Å². The number of piperidine rings is 1. The SMILES string of the molecule is O=C(C1CNCCOC1)N1CCC2(CC1)OCCc1ccsc12. The molecule has 6 heteroatoms. The van der Waals surface area contributed by atoms with Crippen LogP contribution in [-0.2, 0) is 26.3 Å². The van der Waals surface area contributed by atoms with Crippen LogP contribution in [0.15, 0.2) is 11.4 Å². The summed E-state index contributed by atoms with van der Waals surface area (Å²) in [6.07, 6.45) is 2.84. The Hall–Kier alpha value is -0.950. The first-order valence-electron chi connectivity index (χ1n) is 8.57. The number of hydrogen-bond acceptors (Lipinski definition) is 5. The molecule has 4 rings (SSSR count). The van der Waals surface area contributed by atoms with Gasteiger partial charge in [-0.3, -0.25) is 4.79 Å². The van der Waals surface area contributed by atoms with Gasteiger partial charge in [0.2, 0.25) is 5.91 Å². The minimum atomic E-state index is -0.142. The molecule has 1 aromatic heterocycles. The molecule has 126 valence electrons. The molecule has 1 spiro atoms. The van der Waals surface area contributed by atoms with E-state index in [-0.39, 0.29) is 17.4 Å². The van der Waals surface area contributed by atoms with E-state index in [0.717, 1.165) is 52.0 Å². The van der Waals surface area contributed by atoms with Crippen molar-refractivity contribution in [2.24, 2.45) is 5.92 Å². The molecule has 23 heavy (non-hydrogen) atoms. The number of rotatable bonds is 1. The molecule has 1 aromatic rings. The van der Waals surface area contributed by atoms with Crippen molar-refractivity contribution in [1.82, 2.24) is 10.2 Å². The number of carbonyl (C=O) groups excluding carboxylic acids is 1. The summed E-state index contributed by atoms with van der Waals surface area (Å²) < 4.78 is 11.8. The summed E-state index contributed by atoms with van der Waals surface area (Å²) in [5.74, 6) is 0.188. The topological polar surface area (TPSA) is 50.8 Å². The molecule has 1 unspecified atom stereocenters. The fourth-order valence-electron chi connectivity index (χ4n) is 3.94. The Morgan fingerprint density at radius 1 is 1.35 bits per heavy atom. The summed E-state index contributed by atoms with van der Waals surface area (Å²) in [4.78, 5) is 16.2. The number of thiophene rings is 1. The second-order valence-electron chi connectivity index (χ2n) is 6.67. The van der Waals surface area contributed by atoms with E-state index in [1.807, 2.05) is 16.2 Å². The van der Waals surface area contributed by atoms with Crippen molar-refractivity contribution in [3.05, 3.63) is 21.9 Å². The van der Waals surface area contributed by atoms with E-state index < -0.39 is 0 Å². The number of carbonyl (C=O) groups is 1. The fourth-order valence-corrected chi connectivity index (χ4v) is 5.10. The van der Waals surface area contributed by atoms with Gasteiger partial charge in [0.05, 0.1) is 25.7 Å². The maximum absolute atomic E-state index is 12.7. The van der Waals surface area contributed by atoms with Crippen molar-refractivity contribution < 1.29 is 14.3 Å². The van der Waals surface area contributed by atoms with Crippen LogP contribution >= 0.6 is 11.3 Å². The highest BCUT2D eigenvalue weighted by Crippen LogP contribution is 2.44. The molecule has 3 aliphatic heterocycles. The number of fused-ring (bicyclic) bond motifs is 2. The molecule has 0 aliphatic carbocycles. The highest BCUT2D eigenvalue weighted by Gasteiger charge is 2.43. The van der Waals surface area contributed by atoms with Gasteiger partial charge in [-0.15, -0.1) is 11.3 Å². The molecular formula is C17H24N2O3S. The molecular weight excluding hydrogens is 312 g/mol. The molecule has 0 bridgehead atoms. The molecule has 0 saturated carbocycles. The molecule has 2 fully saturated rings. The van der Waals surface area contributed by atoms with Crippen LogP contribution in [0, 0.1) is 5.92 Å². The summed E-state index contributed by atoms with van der Waals surface area (Å²) in [6.45, 7) is 5.17. The van der Waals surface area contributed by atoms with Crippen molar-refractivity contribution in [3.8, 4) is 0 Å². The van der Waals surface area contributed by atoms with Gasteiger partial charge >= 0.3 is 0 Å². The Kier molecular flexibility index (Phi) is 4.41. The van der Waals surface area contributed by atoms with Gasteiger partial charge in [-0.25, -0.2) is 0 Å². The number of ether oxygens (including phenoxy) is 2. The minimum Gasteiger partial charge on any atom is -0.379 e. The first-order chi connectivity index (χ1) is 11.3. The third-order valence-corrected chi connectivity index (χ3v) is 6.42. The maximum Gasteiger partial charge on any atom is 0.229 e. The lowest BCUT2D eigenvalue weighted by atomic mass is 9.85. The Bertz CT molecular complexity index is 558. The van der Waals surface area contributed by atoms with Crippen LogP contribution in [0.4, 0.5) is 0 Å². The van der Waals surface area contributed by atoms with Crippen molar-refractivity contribution in [2.75, 3.05) is 46.0 Å². The van der Waals surface area contributed by atoms with E-state index in [1.165, 1.54) is 10.4 Å². The molecule has 5 nitrogen and oxygen atoms in total. The zero-order valence-electron chi connectivity index (χ0n) is 13.4. The minimum absolute atomic E-state index is 0.0453. The maximum atomic E-state index is 12.7. The zero-order valence-corrected chi connectivity index (χ0v) is 14.2. The molecule has 1 amide bonds. The first-order valence-corrected chi connectivity index (χ1v) is 9.44. The summed E-state index contributed by atoms with van der Waals surface area (Å²) in [5, 5.41) is 5.46. The van der Waals surface area contributed by atoms with Gasteiger partial charge in [-0.2, -0.15) is 0 Å². The van der Waals surface area contributed by atoms with Gasteiger partial charge in [-0.05, 0) is 36.3 Å². The lowest BCUT2D eigenvalue weighted by Gasteiger charge is -2.44. The first kappa shape index (κ1) is 15.6. The lowest BCUT2D eigenvalue weighted by molar-refractivity contribution is -0.145. The van der Waals surface area contributed by atoms with Crippen molar-refractivity contribution >= 4 is 17.2 Å². The van der Waals surface area contributed by atoms with Crippen LogP contribution in [0.3, 0.4) is 0 Å². The van der Waals surface area contributed by atoms with E-state index >= 15 is 0 Å². The van der Waals surface area contributed by atoms with Crippen LogP contribution in [0.2, 0.25) is 0 Å². The second kappa shape index (κ2) is 6.51. The molecule has 2 saturated heterocycles. The monoisotopic (exact) mass is 336 g/mol. The van der Waals surface area contributed by atoms with E-state index in [9.17, 15) is 4.79 Å². The average molecular weight is 336 g/mol. The second-order valence-corrected chi connectivity index (χ2v) is 7.59. The number of likely N-dealkylation sites (tertiary alicyclic amines) is 1. The van der Waals surface area contributed by atoms with Gasteiger partial charge in [0, 0.05) is 31.1 Å². The Balaban J connectivity index is 1.42. The lowest BCUT2D eigenvalue weighted by Crippen LogP contribution is -2.50. The molecule has 1 atom stereocenters. The van der Waals surface area contributed by atoms with E-state index in [4.69, 9.17) is 9.47 Å². The van der Waals surface area contributed by atoms with Gasteiger partial charge in [-0.1, -0.05) is 0 Å². The van der Waals surface area contributed by atoms with E-state index in [2.05, 4.69) is 16.8 Å². The largest absolute Gasteiger partial charge is 0.379 e. The van der Waals surface area contributed by atoms with Crippen LogP contribution in [-0.4, -0.2) is 56.8 Å². The predicted octanol–water partition coefficient (Wildman–Crippen LogP) is 1.37. The normalized spacial score (nSPS) is 27.5. The number of nitrogens with zero attached hydrogens (tertiary/aromatic N) is 1. The average Bonchev–Trinajstić information content (AvgIpc) is 2.91. The van der Waals surface area contributed by atoms with Crippen LogP contribution in [0.1, 0.15) is 23.3 Å². The van der Waals surface area contributed by atoms with Crippen molar-refractivity contribution in [2.45, 2.75) is 24.9 Å². The van der Waals surface area contributed by atoms with Crippen LogP contribution < -0.4 is 5.32 Å². The number of hydrogen-bond donors (Lipinski definition) is 1. The zero-order chi connectivity index (χ0) is 15.7. The molecule has 1 N–H and O–H groups in total. The summed E-state index contributed by atoms with van der Waals surface area (Å²) >= 11 is 1.81. The predicted molar refractivity (Wildman–Crippen MR) is 88.6 cm³/mol. The molecule has 4 heterocycles. The molecule has 0 aromatic carbocycles. The Morgan fingerprint density at radius 2 is 2.22 bits per heavy atom. The Labute approximate surface area is 140 Å². The number of nitrogens with one attached hydrogen (secondary N) is 1. The van der Waals surface area contributed by atoms with E-state index in [1.54, 1.807) is 0 Å². The quantitative estimate of drug-likeness (QED) is 0.842. The Morgan fingerprint density at radius 3 is 3.09 bits per heavy atom. The highest BCUT2D eigenvalue weighted by atomic mass is 32.1. The van der Waals surface area contributed by atoms with Crippen molar-refractivity contribution in [3.63, 3.8) is 0 Å².